The second-order valence-electron chi connectivity index (χ2n) is 5.44. The molecule has 0 amide bonds. The van der Waals surface area contributed by atoms with Crippen molar-refractivity contribution < 1.29 is 12.8 Å². The van der Waals surface area contributed by atoms with Gasteiger partial charge in [0.25, 0.3) is 0 Å². The Morgan fingerprint density at radius 3 is 2.77 bits per heavy atom. The van der Waals surface area contributed by atoms with E-state index in [0.717, 1.165) is 18.5 Å². The Bertz CT molecular complexity index is 778. The van der Waals surface area contributed by atoms with Crippen LogP contribution in [0.25, 0.3) is 0 Å². The normalized spacial score (nSPS) is 19.5. The van der Waals surface area contributed by atoms with E-state index >= 15 is 0 Å². The zero-order chi connectivity index (χ0) is 15.7. The highest BCUT2D eigenvalue weighted by Gasteiger charge is 2.36. The Kier molecular flexibility index (Phi) is 3.97. The van der Waals surface area contributed by atoms with Crippen LogP contribution in [-0.4, -0.2) is 24.3 Å². The quantitative estimate of drug-likeness (QED) is 0.873. The number of hydrogen-bond acceptors (Lipinski definition) is 3. The highest BCUT2D eigenvalue weighted by atomic mass is 32.2. The molecule has 1 atom stereocenters. The van der Waals surface area contributed by atoms with Crippen LogP contribution in [0.2, 0.25) is 0 Å². The molecule has 1 fully saturated rings. The van der Waals surface area contributed by atoms with Crippen LogP contribution < -0.4 is 0 Å². The van der Waals surface area contributed by atoms with Crippen molar-refractivity contribution in [1.29, 1.82) is 0 Å². The summed E-state index contributed by atoms with van der Waals surface area (Å²) in [5.74, 6) is -0.401. The highest BCUT2D eigenvalue weighted by molar-refractivity contribution is 7.89. The maximum absolute atomic E-state index is 13.4. The molecule has 4 nitrogen and oxygen atoms in total. The number of aryl methyl sites for hydroxylation is 1. The van der Waals surface area contributed by atoms with Crippen molar-refractivity contribution in [1.82, 2.24) is 9.29 Å². The maximum Gasteiger partial charge on any atom is 0.243 e. The Hall–Kier alpha value is -1.79. The van der Waals surface area contributed by atoms with E-state index in [1.165, 1.54) is 22.5 Å². The molecule has 0 spiro atoms. The summed E-state index contributed by atoms with van der Waals surface area (Å²) in [6, 6.07) is 9.16. The van der Waals surface area contributed by atoms with Gasteiger partial charge in [-0.15, -0.1) is 0 Å². The molecule has 1 aromatic heterocycles. The van der Waals surface area contributed by atoms with E-state index in [9.17, 15) is 12.8 Å². The zero-order valence-electron chi connectivity index (χ0n) is 12.2. The van der Waals surface area contributed by atoms with E-state index in [4.69, 9.17) is 0 Å². The fraction of sp³-hybridized carbons (Fsp3) is 0.312. The monoisotopic (exact) mass is 320 g/mol. The highest BCUT2D eigenvalue weighted by Crippen LogP contribution is 2.35. The molecular formula is C16H17FN2O2S. The number of sulfonamides is 1. The lowest BCUT2D eigenvalue weighted by atomic mass is 10.1. The molecule has 1 aliphatic rings. The van der Waals surface area contributed by atoms with Crippen molar-refractivity contribution in [3.05, 3.63) is 59.7 Å². The third-order valence-corrected chi connectivity index (χ3v) is 5.87. The van der Waals surface area contributed by atoms with Crippen molar-refractivity contribution >= 4 is 10.0 Å². The van der Waals surface area contributed by atoms with Gasteiger partial charge < -0.3 is 0 Å². The lowest BCUT2D eigenvalue weighted by Gasteiger charge is -2.23. The summed E-state index contributed by atoms with van der Waals surface area (Å²) in [6.07, 6.45) is 3.21. The second-order valence-corrected chi connectivity index (χ2v) is 7.33. The van der Waals surface area contributed by atoms with Crippen LogP contribution in [0.15, 0.2) is 47.5 Å². The number of nitrogens with zero attached hydrogens (tertiary/aromatic N) is 2. The van der Waals surface area contributed by atoms with Crippen LogP contribution in [0.3, 0.4) is 0 Å². The van der Waals surface area contributed by atoms with Gasteiger partial charge in [-0.2, -0.15) is 4.31 Å². The Morgan fingerprint density at radius 2 is 2.09 bits per heavy atom. The molecule has 1 aliphatic heterocycles. The molecule has 6 heteroatoms. The second kappa shape index (κ2) is 5.78. The van der Waals surface area contributed by atoms with Gasteiger partial charge >= 0.3 is 0 Å². The molecule has 22 heavy (non-hydrogen) atoms. The minimum absolute atomic E-state index is 0.134. The molecule has 1 saturated heterocycles. The zero-order valence-corrected chi connectivity index (χ0v) is 13.1. The summed E-state index contributed by atoms with van der Waals surface area (Å²) >= 11 is 0. The molecule has 1 unspecified atom stereocenters. The fourth-order valence-electron chi connectivity index (χ4n) is 2.81. The molecule has 2 heterocycles. The van der Waals surface area contributed by atoms with Gasteiger partial charge in [0.15, 0.2) is 0 Å². The third kappa shape index (κ3) is 2.64. The predicted molar refractivity (Wildman–Crippen MR) is 81.2 cm³/mol. The van der Waals surface area contributed by atoms with Crippen LogP contribution in [-0.2, 0) is 10.0 Å². The van der Waals surface area contributed by atoms with E-state index < -0.39 is 15.8 Å². The fourth-order valence-corrected chi connectivity index (χ4v) is 4.56. The molecule has 0 saturated carbocycles. The van der Waals surface area contributed by atoms with E-state index in [0.29, 0.717) is 12.1 Å². The van der Waals surface area contributed by atoms with Crippen LogP contribution in [0.4, 0.5) is 4.39 Å². The van der Waals surface area contributed by atoms with Gasteiger partial charge in [-0.05, 0) is 55.7 Å². The van der Waals surface area contributed by atoms with Crippen LogP contribution in [0.1, 0.15) is 30.1 Å². The molecule has 116 valence electrons. The lowest BCUT2D eigenvalue weighted by molar-refractivity contribution is 0.390. The molecular weight excluding hydrogens is 303 g/mol. The van der Waals surface area contributed by atoms with Crippen molar-refractivity contribution in [2.75, 3.05) is 6.54 Å². The standard InChI is InChI=1S/C16H17FN2O2S/c1-12-11-13(7-8-14(12)17)22(20,21)19-10-4-6-16(19)15-5-2-3-9-18-15/h2-3,5,7-9,11,16H,4,6,10H2,1H3. The number of halogens is 1. The van der Waals surface area contributed by atoms with Crippen LogP contribution in [0.5, 0.6) is 0 Å². The summed E-state index contributed by atoms with van der Waals surface area (Å²) in [6.45, 7) is 2.02. The van der Waals surface area contributed by atoms with Gasteiger partial charge in [0.05, 0.1) is 16.6 Å². The van der Waals surface area contributed by atoms with Crippen LogP contribution in [0, 0.1) is 12.7 Å². The van der Waals surface area contributed by atoms with Gasteiger partial charge in [-0.1, -0.05) is 6.07 Å². The average molecular weight is 320 g/mol. The Morgan fingerprint density at radius 1 is 1.27 bits per heavy atom. The summed E-state index contributed by atoms with van der Waals surface area (Å²) in [5, 5.41) is 0. The Labute approximate surface area is 129 Å². The molecule has 0 N–H and O–H groups in total. The van der Waals surface area contributed by atoms with E-state index in [1.54, 1.807) is 19.2 Å². The molecule has 0 bridgehead atoms. The first kappa shape index (κ1) is 15.1. The molecule has 0 radical (unpaired) electrons. The number of aromatic nitrogens is 1. The number of hydrogen-bond donors (Lipinski definition) is 0. The minimum atomic E-state index is -3.65. The molecule has 2 aromatic rings. The van der Waals surface area contributed by atoms with Gasteiger partial charge in [0.2, 0.25) is 10.0 Å². The van der Waals surface area contributed by atoms with E-state index in [-0.39, 0.29) is 10.9 Å². The van der Waals surface area contributed by atoms with Crippen molar-refractivity contribution in [2.45, 2.75) is 30.7 Å². The van der Waals surface area contributed by atoms with E-state index in [2.05, 4.69) is 4.98 Å². The van der Waals surface area contributed by atoms with Gasteiger partial charge in [0, 0.05) is 12.7 Å². The summed E-state index contributed by atoms with van der Waals surface area (Å²) in [7, 11) is -3.65. The first-order chi connectivity index (χ1) is 10.5. The average Bonchev–Trinajstić information content (AvgIpc) is 3.01. The maximum atomic E-state index is 13.4. The first-order valence-corrected chi connectivity index (χ1v) is 8.63. The van der Waals surface area contributed by atoms with Crippen molar-refractivity contribution in [3.8, 4) is 0 Å². The summed E-state index contributed by atoms with van der Waals surface area (Å²) in [5.41, 5.74) is 1.08. The first-order valence-electron chi connectivity index (χ1n) is 7.19. The van der Waals surface area contributed by atoms with Gasteiger partial charge in [-0.3, -0.25) is 4.98 Å². The molecule has 1 aromatic carbocycles. The SMILES string of the molecule is Cc1cc(S(=O)(=O)N2CCCC2c2ccccn2)ccc1F. The minimum Gasteiger partial charge on any atom is -0.260 e. The molecule has 0 aliphatic carbocycles. The van der Waals surface area contributed by atoms with Gasteiger partial charge in [-0.25, -0.2) is 12.8 Å². The summed E-state index contributed by atoms with van der Waals surface area (Å²) < 4.78 is 40.6. The number of benzene rings is 1. The lowest BCUT2D eigenvalue weighted by Crippen LogP contribution is -2.31. The Balaban J connectivity index is 1.99. The molecule has 3 rings (SSSR count). The van der Waals surface area contributed by atoms with Crippen molar-refractivity contribution in [3.63, 3.8) is 0 Å². The van der Waals surface area contributed by atoms with E-state index in [1.807, 2.05) is 12.1 Å². The predicted octanol–water partition coefficient (Wildman–Crippen LogP) is 3.05. The topological polar surface area (TPSA) is 50.3 Å². The third-order valence-electron chi connectivity index (χ3n) is 3.97. The smallest absolute Gasteiger partial charge is 0.243 e. The van der Waals surface area contributed by atoms with Gasteiger partial charge in [0.1, 0.15) is 5.82 Å². The summed E-state index contributed by atoms with van der Waals surface area (Å²) in [4.78, 5) is 4.42. The van der Waals surface area contributed by atoms with Crippen LogP contribution >= 0.6 is 0 Å². The van der Waals surface area contributed by atoms with Crippen molar-refractivity contribution in [2.24, 2.45) is 0 Å². The largest absolute Gasteiger partial charge is 0.260 e. The number of rotatable bonds is 3. The number of pyridine rings is 1.